The third-order valence-corrected chi connectivity index (χ3v) is 3.73. The Hall–Kier alpha value is -3.54. The van der Waals surface area contributed by atoms with E-state index in [9.17, 15) is 4.79 Å². The molecule has 2 aromatic carbocycles. The molecule has 1 amide bonds. The zero-order chi connectivity index (χ0) is 17.1. The highest BCUT2D eigenvalue weighted by atomic mass is 16.7. The van der Waals surface area contributed by atoms with Crippen molar-refractivity contribution in [2.45, 2.75) is 0 Å². The molecule has 4 rings (SSSR count). The van der Waals surface area contributed by atoms with Crippen molar-refractivity contribution >= 4 is 17.7 Å². The molecule has 1 aromatic heterocycles. The van der Waals surface area contributed by atoms with Crippen molar-refractivity contribution in [2.24, 2.45) is 0 Å². The van der Waals surface area contributed by atoms with E-state index in [1.807, 2.05) is 54.7 Å². The van der Waals surface area contributed by atoms with Gasteiger partial charge in [0.15, 0.2) is 11.5 Å². The molecule has 0 saturated heterocycles. The quantitative estimate of drug-likeness (QED) is 0.744. The molecular formula is C19H15N3O3. The predicted octanol–water partition coefficient (Wildman–Crippen LogP) is 3.25. The summed E-state index contributed by atoms with van der Waals surface area (Å²) >= 11 is 0. The summed E-state index contributed by atoms with van der Waals surface area (Å²) < 4.78 is 12.3. The standard InChI is InChI=1S/C19H15N3O3/c23-19(9-3-14-2-8-17-18(12-14)25-13-24-17)21-15-4-6-16(7-5-15)22-11-1-10-20-22/h1-12H,13H2,(H,21,23)/b9-3+. The number of anilines is 1. The molecule has 0 aliphatic carbocycles. The minimum absolute atomic E-state index is 0.204. The number of nitrogens with one attached hydrogen (secondary N) is 1. The SMILES string of the molecule is O=C(/C=C/c1ccc2c(c1)OCO2)Nc1ccc(-n2cccn2)cc1. The molecule has 6 heteroatoms. The van der Waals surface area contributed by atoms with E-state index in [2.05, 4.69) is 10.4 Å². The first-order chi connectivity index (χ1) is 12.3. The van der Waals surface area contributed by atoms with Crippen LogP contribution in [0.3, 0.4) is 0 Å². The average molecular weight is 333 g/mol. The van der Waals surface area contributed by atoms with Crippen LogP contribution in [0.2, 0.25) is 0 Å². The number of hydrogen-bond donors (Lipinski definition) is 1. The predicted molar refractivity (Wildman–Crippen MR) is 93.8 cm³/mol. The molecule has 0 spiro atoms. The van der Waals surface area contributed by atoms with E-state index >= 15 is 0 Å². The van der Waals surface area contributed by atoms with Crippen molar-refractivity contribution in [1.29, 1.82) is 0 Å². The van der Waals surface area contributed by atoms with Crippen molar-refractivity contribution in [3.63, 3.8) is 0 Å². The number of hydrogen-bond acceptors (Lipinski definition) is 4. The van der Waals surface area contributed by atoms with Gasteiger partial charge >= 0.3 is 0 Å². The zero-order valence-electron chi connectivity index (χ0n) is 13.3. The zero-order valence-corrected chi connectivity index (χ0v) is 13.3. The van der Waals surface area contributed by atoms with Crippen LogP contribution in [0.15, 0.2) is 67.0 Å². The van der Waals surface area contributed by atoms with Crippen molar-refractivity contribution < 1.29 is 14.3 Å². The van der Waals surface area contributed by atoms with Gasteiger partial charge in [0.25, 0.3) is 0 Å². The summed E-state index contributed by atoms with van der Waals surface area (Å²) in [6, 6.07) is 14.9. The third kappa shape index (κ3) is 3.37. The Bertz CT molecular complexity index is 916. The fourth-order valence-electron chi connectivity index (χ4n) is 2.49. The molecule has 0 bridgehead atoms. The fraction of sp³-hybridized carbons (Fsp3) is 0.0526. The maximum atomic E-state index is 12.1. The van der Waals surface area contributed by atoms with Crippen LogP contribution < -0.4 is 14.8 Å². The van der Waals surface area contributed by atoms with Crippen LogP contribution in [0, 0.1) is 0 Å². The normalized spacial score (nSPS) is 12.5. The minimum Gasteiger partial charge on any atom is -0.454 e. The molecule has 0 fully saturated rings. The summed E-state index contributed by atoms with van der Waals surface area (Å²) in [7, 11) is 0. The number of amides is 1. The lowest BCUT2D eigenvalue weighted by Crippen LogP contribution is -2.07. The van der Waals surface area contributed by atoms with Crippen molar-refractivity contribution in [1.82, 2.24) is 9.78 Å². The Labute approximate surface area is 144 Å². The number of nitrogens with zero attached hydrogens (tertiary/aromatic N) is 2. The lowest BCUT2D eigenvalue weighted by Gasteiger charge is -2.05. The van der Waals surface area contributed by atoms with Crippen molar-refractivity contribution in [2.75, 3.05) is 12.1 Å². The molecule has 1 aliphatic heterocycles. The first-order valence-corrected chi connectivity index (χ1v) is 7.77. The molecule has 25 heavy (non-hydrogen) atoms. The molecule has 1 aliphatic rings. The number of rotatable bonds is 4. The van der Waals surface area contributed by atoms with Gasteiger partial charge in [-0.2, -0.15) is 5.10 Å². The number of carbonyl (C=O) groups excluding carboxylic acids is 1. The monoisotopic (exact) mass is 333 g/mol. The first-order valence-electron chi connectivity index (χ1n) is 7.77. The molecule has 0 radical (unpaired) electrons. The summed E-state index contributed by atoms with van der Waals surface area (Å²) in [4.78, 5) is 12.1. The van der Waals surface area contributed by atoms with E-state index in [1.165, 1.54) is 6.08 Å². The molecule has 124 valence electrons. The molecule has 6 nitrogen and oxygen atoms in total. The third-order valence-electron chi connectivity index (χ3n) is 3.73. The second kappa shape index (κ2) is 6.52. The number of benzene rings is 2. The number of fused-ring (bicyclic) bond motifs is 1. The fourth-order valence-corrected chi connectivity index (χ4v) is 2.49. The van der Waals surface area contributed by atoms with Gasteiger partial charge < -0.3 is 14.8 Å². The van der Waals surface area contributed by atoms with Gasteiger partial charge in [-0.1, -0.05) is 6.07 Å². The highest BCUT2D eigenvalue weighted by Gasteiger charge is 2.12. The van der Waals surface area contributed by atoms with E-state index in [4.69, 9.17) is 9.47 Å². The van der Waals surface area contributed by atoms with Crippen LogP contribution in [-0.4, -0.2) is 22.5 Å². The van der Waals surface area contributed by atoms with Gasteiger partial charge in [0.05, 0.1) is 5.69 Å². The van der Waals surface area contributed by atoms with E-state index in [0.717, 1.165) is 22.7 Å². The van der Waals surface area contributed by atoms with Crippen LogP contribution in [0.5, 0.6) is 11.5 Å². The van der Waals surface area contributed by atoms with Gasteiger partial charge in [-0.25, -0.2) is 4.68 Å². The smallest absolute Gasteiger partial charge is 0.248 e. The number of ether oxygens (including phenoxy) is 2. The lowest BCUT2D eigenvalue weighted by molar-refractivity contribution is -0.111. The summed E-state index contributed by atoms with van der Waals surface area (Å²) in [6.07, 6.45) is 6.80. The Morgan fingerprint density at radius 3 is 2.76 bits per heavy atom. The maximum absolute atomic E-state index is 12.1. The Kier molecular flexibility index (Phi) is 3.92. The number of carbonyl (C=O) groups is 1. The van der Waals surface area contributed by atoms with Crippen molar-refractivity contribution in [3.8, 4) is 17.2 Å². The molecule has 2 heterocycles. The Morgan fingerprint density at radius 2 is 1.96 bits per heavy atom. The van der Waals surface area contributed by atoms with E-state index in [-0.39, 0.29) is 12.7 Å². The second-order valence-corrected chi connectivity index (χ2v) is 5.43. The molecule has 1 N–H and O–H groups in total. The van der Waals surface area contributed by atoms with Gasteiger partial charge in [-0.15, -0.1) is 0 Å². The summed E-state index contributed by atoms with van der Waals surface area (Å²) in [5, 5.41) is 6.99. The second-order valence-electron chi connectivity index (χ2n) is 5.43. The van der Waals surface area contributed by atoms with Crippen LogP contribution in [0.1, 0.15) is 5.56 Å². The summed E-state index contributed by atoms with van der Waals surface area (Å²) in [5.74, 6) is 1.21. The Balaban J connectivity index is 1.40. The van der Waals surface area contributed by atoms with Crippen molar-refractivity contribution in [3.05, 3.63) is 72.6 Å². The molecule has 3 aromatic rings. The summed E-state index contributed by atoms with van der Waals surface area (Å²) in [5.41, 5.74) is 2.52. The van der Waals surface area contributed by atoms with Crippen LogP contribution >= 0.6 is 0 Å². The van der Waals surface area contributed by atoms with Gasteiger partial charge in [-0.05, 0) is 54.1 Å². The van der Waals surface area contributed by atoms with E-state index < -0.39 is 0 Å². The maximum Gasteiger partial charge on any atom is 0.248 e. The average Bonchev–Trinajstić information content (AvgIpc) is 3.32. The number of aromatic nitrogens is 2. The first kappa shape index (κ1) is 15.0. The lowest BCUT2D eigenvalue weighted by atomic mass is 10.2. The highest BCUT2D eigenvalue weighted by Crippen LogP contribution is 2.32. The topological polar surface area (TPSA) is 65.4 Å². The van der Waals surface area contributed by atoms with E-state index in [0.29, 0.717) is 5.75 Å². The van der Waals surface area contributed by atoms with Gasteiger partial charge in [-0.3, -0.25) is 4.79 Å². The molecule has 0 saturated carbocycles. The van der Waals surface area contributed by atoms with Crippen LogP contribution in [0.4, 0.5) is 5.69 Å². The Morgan fingerprint density at radius 1 is 1.12 bits per heavy atom. The van der Waals surface area contributed by atoms with E-state index in [1.54, 1.807) is 17.0 Å². The minimum atomic E-state index is -0.204. The molecule has 0 atom stereocenters. The van der Waals surface area contributed by atoms with Crippen LogP contribution in [-0.2, 0) is 4.79 Å². The highest BCUT2D eigenvalue weighted by molar-refractivity contribution is 6.02. The van der Waals surface area contributed by atoms with Gasteiger partial charge in [0, 0.05) is 24.2 Å². The summed E-state index contributed by atoms with van der Waals surface area (Å²) in [6.45, 7) is 0.234. The van der Waals surface area contributed by atoms with Gasteiger partial charge in [0.1, 0.15) is 0 Å². The van der Waals surface area contributed by atoms with Crippen LogP contribution in [0.25, 0.3) is 11.8 Å². The van der Waals surface area contributed by atoms with Gasteiger partial charge in [0.2, 0.25) is 12.7 Å². The molecular weight excluding hydrogens is 318 g/mol. The largest absolute Gasteiger partial charge is 0.454 e. The molecule has 0 unspecified atom stereocenters.